The van der Waals surface area contributed by atoms with Crippen LogP contribution in [0.25, 0.3) is 0 Å². The van der Waals surface area contributed by atoms with Gasteiger partial charge < -0.3 is 4.74 Å². The topological polar surface area (TPSA) is 26.3 Å². The summed E-state index contributed by atoms with van der Waals surface area (Å²) in [6.45, 7) is 0.885. The number of ether oxygens (including phenoxy) is 1. The molecule has 1 aromatic carbocycles. The molecule has 0 spiro atoms. The second kappa shape index (κ2) is 6.53. The summed E-state index contributed by atoms with van der Waals surface area (Å²) in [5.74, 6) is 0.696. The van der Waals surface area contributed by atoms with Crippen LogP contribution in [0.1, 0.15) is 49.7 Å². The van der Waals surface area contributed by atoms with Crippen molar-refractivity contribution in [2.24, 2.45) is 5.92 Å². The minimum atomic E-state index is 0.244. The first-order chi connectivity index (χ1) is 9.83. The Hall–Kier alpha value is -1.15. The average molecular weight is 272 g/mol. The fourth-order valence-electron chi connectivity index (χ4n) is 3.52. The number of aryl methyl sites for hydroxylation is 1. The molecule has 2 atom stereocenters. The number of carbonyl (C=O) groups is 1. The molecular weight excluding hydrogens is 248 g/mol. The average Bonchev–Trinajstić information content (AvgIpc) is 2.53. The molecular formula is C18H24O2. The zero-order chi connectivity index (χ0) is 13.8. The van der Waals surface area contributed by atoms with Crippen molar-refractivity contribution in [3.63, 3.8) is 0 Å². The Morgan fingerprint density at radius 1 is 1.15 bits per heavy atom. The van der Waals surface area contributed by atoms with Crippen molar-refractivity contribution in [1.82, 2.24) is 0 Å². The van der Waals surface area contributed by atoms with Crippen LogP contribution in [0.3, 0.4) is 0 Å². The summed E-state index contributed by atoms with van der Waals surface area (Å²) in [5, 5.41) is 0. The van der Waals surface area contributed by atoms with Crippen molar-refractivity contribution >= 4 is 5.78 Å². The smallest absolute Gasteiger partial charge is 0.136 e. The summed E-state index contributed by atoms with van der Waals surface area (Å²) < 4.78 is 5.72. The molecule has 2 nitrogen and oxygen atoms in total. The van der Waals surface area contributed by atoms with Crippen LogP contribution in [-0.4, -0.2) is 18.5 Å². The molecule has 20 heavy (non-hydrogen) atoms. The van der Waals surface area contributed by atoms with Gasteiger partial charge in [0.25, 0.3) is 0 Å². The van der Waals surface area contributed by atoms with Crippen LogP contribution in [0.2, 0.25) is 0 Å². The molecule has 0 saturated carbocycles. The van der Waals surface area contributed by atoms with E-state index in [-0.39, 0.29) is 5.92 Å². The van der Waals surface area contributed by atoms with E-state index in [1.54, 1.807) is 0 Å². The number of hydrogen-bond donors (Lipinski definition) is 0. The van der Waals surface area contributed by atoms with Gasteiger partial charge in [-0.15, -0.1) is 0 Å². The molecule has 0 aromatic heterocycles. The zero-order valence-corrected chi connectivity index (χ0v) is 12.1. The molecule has 2 heteroatoms. The zero-order valence-electron chi connectivity index (χ0n) is 12.1. The van der Waals surface area contributed by atoms with Crippen LogP contribution in [0.5, 0.6) is 0 Å². The monoisotopic (exact) mass is 272 g/mol. The molecule has 2 unspecified atom stereocenters. The van der Waals surface area contributed by atoms with Crippen molar-refractivity contribution in [1.29, 1.82) is 0 Å². The molecule has 1 aromatic rings. The molecule has 3 rings (SSSR count). The lowest BCUT2D eigenvalue weighted by molar-refractivity contribution is -0.124. The van der Waals surface area contributed by atoms with Gasteiger partial charge in [-0.05, 0) is 56.1 Å². The van der Waals surface area contributed by atoms with Crippen LogP contribution in [-0.2, 0) is 22.4 Å². The van der Waals surface area contributed by atoms with Gasteiger partial charge in [0.2, 0.25) is 0 Å². The van der Waals surface area contributed by atoms with E-state index in [1.165, 1.54) is 24.0 Å². The third kappa shape index (κ3) is 3.29. The van der Waals surface area contributed by atoms with E-state index in [2.05, 4.69) is 24.3 Å². The predicted molar refractivity (Wildman–Crippen MR) is 79.8 cm³/mol. The van der Waals surface area contributed by atoms with Crippen LogP contribution in [0.15, 0.2) is 24.3 Å². The van der Waals surface area contributed by atoms with Crippen molar-refractivity contribution in [2.75, 3.05) is 6.61 Å². The number of hydrogen-bond acceptors (Lipinski definition) is 2. The van der Waals surface area contributed by atoms with E-state index < -0.39 is 0 Å². The van der Waals surface area contributed by atoms with Crippen LogP contribution in [0.4, 0.5) is 0 Å². The number of ketones is 1. The normalized spacial score (nSPS) is 26.0. The first kappa shape index (κ1) is 13.8. The summed E-state index contributed by atoms with van der Waals surface area (Å²) in [6.07, 6.45) is 8.59. The van der Waals surface area contributed by atoms with E-state index >= 15 is 0 Å². The maximum absolute atomic E-state index is 12.4. The van der Waals surface area contributed by atoms with Crippen LogP contribution < -0.4 is 0 Å². The summed E-state index contributed by atoms with van der Waals surface area (Å²) in [6, 6.07) is 8.56. The molecule has 1 aliphatic carbocycles. The van der Waals surface area contributed by atoms with Crippen molar-refractivity contribution in [2.45, 2.75) is 57.5 Å². The van der Waals surface area contributed by atoms with E-state index in [0.29, 0.717) is 18.3 Å². The standard InChI is InChI=1S/C18H24O2/c19-18(11-10-17-7-3-4-12-20-17)16-9-8-14-5-1-2-6-15(14)13-16/h1-2,5-6,16-17H,3-4,7-13H2. The van der Waals surface area contributed by atoms with E-state index in [1.807, 2.05) is 0 Å². The number of Topliss-reactive ketones (excluding diaryl/α,β-unsaturated/α-hetero) is 1. The van der Waals surface area contributed by atoms with Crippen LogP contribution in [0, 0.1) is 5.92 Å². The Morgan fingerprint density at radius 2 is 2.00 bits per heavy atom. The van der Waals surface area contributed by atoms with Crippen molar-refractivity contribution in [3.05, 3.63) is 35.4 Å². The van der Waals surface area contributed by atoms with Crippen molar-refractivity contribution < 1.29 is 9.53 Å². The fraction of sp³-hybridized carbons (Fsp3) is 0.611. The predicted octanol–water partition coefficient (Wildman–Crippen LogP) is 3.71. The van der Waals surface area contributed by atoms with Gasteiger partial charge >= 0.3 is 0 Å². The molecule has 1 saturated heterocycles. The van der Waals surface area contributed by atoms with Gasteiger partial charge in [0.1, 0.15) is 5.78 Å². The number of benzene rings is 1. The van der Waals surface area contributed by atoms with Gasteiger partial charge in [0.05, 0.1) is 6.10 Å². The number of rotatable bonds is 4. The third-order valence-electron chi connectivity index (χ3n) is 4.79. The molecule has 0 radical (unpaired) electrons. The Bertz CT molecular complexity index is 460. The maximum Gasteiger partial charge on any atom is 0.136 e. The first-order valence-corrected chi connectivity index (χ1v) is 8.04. The molecule has 0 amide bonds. The number of fused-ring (bicyclic) bond motifs is 1. The highest BCUT2D eigenvalue weighted by Gasteiger charge is 2.25. The lowest BCUT2D eigenvalue weighted by Crippen LogP contribution is -2.25. The summed E-state index contributed by atoms with van der Waals surface area (Å²) in [7, 11) is 0. The van der Waals surface area contributed by atoms with Gasteiger partial charge in [0.15, 0.2) is 0 Å². The lowest BCUT2D eigenvalue weighted by Gasteiger charge is -2.25. The highest BCUT2D eigenvalue weighted by atomic mass is 16.5. The maximum atomic E-state index is 12.4. The van der Waals surface area contributed by atoms with Gasteiger partial charge in [0, 0.05) is 18.9 Å². The number of carbonyl (C=O) groups excluding carboxylic acids is 1. The van der Waals surface area contributed by atoms with Crippen molar-refractivity contribution in [3.8, 4) is 0 Å². The Kier molecular flexibility index (Phi) is 4.51. The minimum Gasteiger partial charge on any atom is -0.378 e. The van der Waals surface area contributed by atoms with E-state index in [0.717, 1.165) is 38.7 Å². The summed E-state index contributed by atoms with van der Waals surface area (Å²) in [4.78, 5) is 12.4. The molecule has 0 N–H and O–H groups in total. The van der Waals surface area contributed by atoms with E-state index in [9.17, 15) is 4.79 Å². The Morgan fingerprint density at radius 3 is 2.80 bits per heavy atom. The molecule has 0 bridgehead atoms. The second-order valence-corrected chi connectivity index (χ2v) is 6.20. The molecule has 2 aliphatic rings. The highest BCUT2D eigenvalue weighted by molar-refractivity contribution is 5.81. The van der Waals surface area contributed by atoms with Gasteiger partial charge in [-0.2, -0.15) is 0 Å². The van der Waals surface area contributed by atoms with E-state index in [4.69, 9.17) is 4.74 Å². The minimum absolute atomic E-state index is 0.244. The Balaban J connectivity index is 1.51. The van der Waals surface area contributed by atoms with Crippen LogP contribution >= 0.6 is 0 Å². The Labute approximate surface area is 121 Å². The largest absolute Gasteiger partial charge is 0.378 e. The van der Waals surface area contributed by atoms with Gasteiger partial charge in [-0.3, -0.25) is 4.79 Å². The second-order valence-electron chi connectivity index (χ2n) is 6.20. The third-order valence-corrected chi connectivity index (χ3v) is 4.79. The van der Waals surface area contributed by atoms with Gasteiger partial charge in [-0.1, -0.05) is 24.3 Å². The first-order valence-electron chi connectivity index (χ1n) is 8.04. The molecule has 1 aliphatic heterocycles. The summed E-state index contributed by atoms with van der Waals surface area (Å²) in [5.41, 5.74) is 2.82. The summed E-state index contributed by atoms with van der Waals surface area (Å²) >= 11 is 0. The van der Waals surface area contributed by atoms with Gasteiger partial charge in [-0.25, -0.2) is 0 Å². The highest BCUT2D eigenvalue weighted by Crippen LogP contribution is 2.27. The fourth-order valence-corrected chi connectivity index (χ4v) is 3.52. The quantitative estimate of drug-likeness (QED) is 0.835. The molecule has 108 valence electrons. The molecule has 1 fully saturated rings. The SMILES string of the molecule is O=C(CCC1CCCCO1)C1CCc2ccccc2C1. The lowest BCUT2D eigenvalue weighted by atomic mass is 9.80. The molecule has 1 heterocycles.